The van der Waals surface area contributed by atoms with Crippen LogP contribution in [-0.2, 0) is 4.79 Å². The number of ether oxygens (including phenoxy) is 1. The van der Waals surface area contributed by atoms with Crippen molar-refractivity contribution in [2.24, 2.45) is 0 Å². The minimum Gasteiger partial charge on any atom is -0.508 e. The summed E-state index contributed by atoms with van der Waals surface area (Å²) in [6.07, 6.45) is 0. The van der Waals surface area contributed by atoms with Crippen LogP contribution < -0.4 is 4.74 Å². The average Bonchev–Trinajstić information content (AvgIpc) is 2.69. The molecule has 1 fully saturated rings. The predicted molar refractivity (Wildman–Crippen MR) is 99.0 cm³/mol. The van der Waals surface area contributed by atoms with Gasteiger partial charge in [0.25, 0.3) is 5.91 Å². The maximum absolute atomic E-state index is 12.7. The minimum absolute atomic E-state index is 0.0925. The van der Waals surface area contributed by atoms with Crippen molar-refractivity contribution in [3.8, 4) is 11.5 Å². The van der Waals surface area contributed by atoms with Crippen LogP contribution in [0.4, 0.5) is 0 Å². The van der Waals surface area contributed by atoms with E-state index in [2.05, 4.69) is 0 Å². The van der Waals surface area contributed by atoms with Gasteiger partial charge in [0, 0.05) is 31.7 Å². The SMILES string of the molecule is COc1cccc(C(=O)N2CCN([C@H](C(=O)O)c3ccc(O)cc3)CC2)c1. The molecule has 7 nitrogen and oxygen atoms in total. The van der Waals surface area contributed by atoms with Gasteiger partial charge in [-0.25, -0.2) is 0 Å². The second-order valence-electron chi connectivity index (χ2n) is 6.39. The Morgan fingerprint density at radius 2 is 1.70 bits per heavy atom. The Morgan fingerprint density at radius 1 is 1.04 bits per heavy atom. The van der Waals surface area contributed by atoms with Gasteiger partial charge in [-0.1, -0.05) is 18.2 Å². The number of aromatic hydroxyl groups is 1. The smallest absolute Gasteiger partial charge is 0.325 e. The molecule has 0 saturated carbocycles. The number of carboxylic acid groups (broad SMARTS) is 1. The molecule has 0 aromatic heterocycles. The number of carbonyl (C=O) groups is 2. The van der Waals surface area contributed by atoms with Gasteiger partial charge < -0.3 is 19.8 Å². The predicted octanol–water partition coefficient (Wildman–Crippen LogP) is 1.98. The van der Waals surface area contributed by atoms with Crippen molar-refractivity contribution >= 4 is 11.9 Å². The number of amides is 1. The summed E-state index contributed by atoms with van der Waals surface area (Å²) in [4.78, 5) is 28.0. The molecule has 142 valence electrons. The van der Waals surface area contributed by atoms with Crippen molar-refractivity contribution < 1.29 is 24.5 Å². The summed E-state index contributed by atoms with van der Waals surface area (Å²) >= 11 is 0. The lowest BCUT2D eigenvalue weighted by Gasteiger charge is -2.37. The second-order valence-corrected chi connectivity index (χ2v) is 6.39. The molecule has 2 aromatic carbocycles. The van der Waals surface area contributed by atoms with Gasteiger partial charge in [-0.2, -0.15) is 0 Å². The highest BCUT2D eigenvalue weighted by Crippen LogP contribution is 2.25. The van der Waals surface area contributed by atoms with E-state index < -0.39 is 12.0 Å². The van der Waals surface area contributed by atoms with Gasteiger partial charge >= 0.3 is 5.97 Å². The largest absolute Gasteiger partial charge is 0.508 e. The number of methoxy groups -OCH3 is 1. The molecular weight excluding hydrogens is 348 g/mol. The zero-order chi connectivity index (χ0) is 19.4. The fraction of sp³-hybridized carbons (Fsp3) is 0.300. The number of carbonyl (C=O) groups excluding carboxylic acids is 1. The second kappa shape index (κ2) is 8.09. The summed E-state index contributed by atoms with van der Waals surface area (Å²) in [6.45, 7) is 1.79. The van der Waals surface area contributed by atoms with Crippen LogP contribution in [0.15, 0.2) is 48.5 Å². The highest BCUT2D eigenvalue weighted by molar-refractivity contribution is 5.94. The zero-order valence-electron chi connectivity index (χ0n) is 15.0. The van der Waals surface area contributed by atoms with Crippen molar-refractivity contribution in [1.82, 2.24) is 9.80 Å². The first-order valence-electron chi connectivity index (χ1n) is 8.68. The van der Waals surface area contributed by atoms with E-state index in [0.717, 1.165) is 0 Å². The molecule has 1 aliphatic rings. The van der Waals surface area contributed by atoms with Crippen LogP contribution in [0, 0.1) is 0 Å². The van der Waals surface area contributed by atoms with Crippen molar-refractivity contribution in [3.05, 3.63) is 59.7 Å². The maximum atomic E-state index is 12.7. The molecule has 0 radical (unpaired) electrons. The molecule has 27 heavy (non-hydrogen) atoms. The van der Waals surface area contributed by atoms with Crippen LogP contribution >= 0.6 is 0 Å². The molecule has 0 unspecified atom stereocenters. The van der Waals surface area contributed by atoms with E-state index in [1.165, 1.54) is 12.1 Å². The summed E-state index contributed by atoms with van der Waals surface area (Å²) in [7, 11) is 1.55. The van der Waals surface area contributed by atoms with Crippen LogP contribution in [-0.4, -0.2) is 65.2 Å². The first-order chi connectivity index (χ1) is 13.0. The van der Waals surface area contributed by atoms with E-state index in [-0.39, 0.29) is 11.7 Å². The first kappa shape index (κ1) is 18.7. The lowest BCUT2D eigenvalue weighted by molar-refractivity contribution is -0.144. The Labute approximate surface area is 157 Å². The van der Waals surface area contributed by atoms with Gasteiger partial charge in [0.05, 0.1) is 7.11 Å². The molecule has 1 atom stereocenters. The molecule has 1 amide bonds. The van der Waals surface area contributed by atoms with Crippen LogP contribution in [0.25, 0.3) is 0 Å². The number of rotatable bonds is 5. The Kier molecular flexibility index (Phi) is 5.61. The van der Waals surface area contributed by atoms with Gasteiger partial charge in [-0.15, -0.1) is 0 Å². The third kappa shape index (κ3) is 4.20. The van der Waals surface area contributed by atoms with Gasteiger partial charge in [-0.05, 0) is 35.9 Å². The van der Waals surface area contributed by atoms with E-state index in [1.54, 1.807) is 48.4 Å². The number of phenols is 1. The normalized spacial score (nSPS) is 16.0. The quantitative estimate of drug-likeness (QED) is 0.837. The van der Waals surface area contributed by atoms with Crippen LogP contribution in [0.1, 0.15) is 22.0 Å². The number of hydrogen-bond acceptors (Lipinski definition) is 5. The van der Waals surface area contributed by atoms with Crippen molar-refractivity contribution in [1.29, 1.82) is 0 Å². The molecule has 1 saturated heterocycles. The Hall–Kier alpha value is -3.06. The summed E-state index contributed by atoms with van der Waals surface area (Å²) in [5.41, 5.74) is 1.16. The number of piperazine rings is 1. The van der Waals surface area contributed by atoms with Crippen LogP contribution in [0.5, 0.6) is 11.5 Å². The summed E-state index contributed by atoms with van der Waals surface area (Å²) in [5.74, 6) is -0.326. The molecule has 0 bridgehead atoms. The molecule has 1 aliphatic heterocycles. The van der Waals surface area contributed by atoms with Gasteiger partial charge in [-0.3, -0.25) is 14.5 Å². The summed E-state index contributed by atoms with van der Waals surface area (Å²) < 4.78 is 5.16. The van der Waals surface area contributed by atoms with Crippen LogP contribution in [0.2, 0.25) is 0 Å². The van der Waals surface area contributed by atoms with Crippen molar-refractivity contribution in [2.75, 3.05) is 33.3 Å². The number of phenolic OH excluding ortho intramolecular Hbond substituents is 1. The van der Waals surface area contributed by atoms with Crippen LogP contribution in [0.3, 0.4) is 0 Å². The molecule has 7 heteroatoms. The minimum atomic E-state index is -0.951. The maximum Gasteiger partial charge on any atom is 0.325 e. The summed E-state index contributed by atoms with van der Waals surface area (Å²) in [5, 5.41) is 19.1. The fourth-order valence-electron chi connectivity index (χ4n) is 3.29. The third-order valence-electron chi connectivity index (χ3n) is 4.73. The first-order valence-corrected chi connectivity index (χ1v) is 8.68. The van der Waals surface area contributed by atoms with E-state index in [1.807, 2.05) is 4.90 Å². The molecular formula is C20H22N2O5. The lowest BCUT2D eigenvalue weighted by Crippen LogP contribution is -2.51. The highest BCUT2D eigenvalue weighted by atomic mass is 16.5. The molecule has 1 heterocycles. The number of benzene rings is 2. The molecule has 0 spiro atoms. The highest BCUT2D eigenvalue weighted by Gasteiger charge is 2.31. The van der Waals surface area contributed by atoms with E-state index in [0.29, 0.717) is 43.1 Å². The van der Waals surface area contributed by atoms with Gasteiger partial charge in [0.2, 0.25) is 0 Å². The third-order valence-corrected chi connectivity index (χ3v) is 4.73. The topological polar surface area (TPSA) is 90.3 Å². The summed E-state index contributed by atoms with van der Waals surface area (Å²) in [6, 6.07) is 12.4. The van der Waals surface area contributed by atoms with Crippen molar-refractivity contribution in [3.63, 3.8) is 0 Å². The standard InChI is InChI=1S/C20H22N2O5/c1-27-17-4-2-3-15(13-17)19(24)22-11-9-21(10-12-22)18(20(25)26)14-5-7-16(23)8-6-14/h2-8,13,18,23H,9-12H2,1H3,(H,25,26)/t18-/m0/s1. The Balaban J connectivity index is 1.68. The van der Waals surface area contributed by atoms with E-state index in [4.69, 9.17) is 4.74 Å². The van der Waals surface area contributed by atoms with Gasteiger partial charge in [0.1, 0.15) is 17.5 Å². The molecule has 2 aromatic rings. The number of aliphatic carboxylic acids is 1. The Bertz CT molecular complexity index is 813. The number of nitrogens with zero attached hydrogens (tertiary/aromatic N) is 2. The number of hydrogen-bond donors (Lipinski definition) is 2. The zero-order valence-corrected chi connectivity index (χ0v) is 15.0. The number of carboxylic acids is 1. The molecule has 0 aliphatic carbocycles. The molecule has 2 N–H and O–H groups in total. The monoisotopic (exact) mass is 370 g/mol. The average molecular weight is 370 g/mol. The lowest BCUT2D eigenvalue weighted by atomic mass is 10.0. The Morgan fingerprint density at radius 3 is 2.30 bits per heavy atom. The molecule has 3 rings (SSSR count). The van der Waals surface area contributed by atoms with E-state index >= 15 is 0 Å². The fourth-order valence-corrected chi connectivity index (χ4v) is 3.29. The van der Waals surface area contributed by atoms with Gasteiger partial charge in [0.15, 0.2) is 0 Å². The van der Waals surface area contributed by atoms with E-state index in [9.17, 15) is 19.8 Å². The van der Waals surface area contributed by atoms with Crippen molar-refractivity contribution in [2.45, 2.75) is 6.04 Å².